The van der Waals surface area contributed by atoms with Crippen LogP contribution in [0.1, 0.15) is 20.8 Å². The van der Waals surface area contributed by atoms with Gasteiger partial charge in [0.1, 0.15) is 5.75 Å². The molecule has 0 N–H and O–H groups in total. The Morgan fingerprint density at radius 1 is 1.27 bits per heavy atom. The van der Waals surface area contributed by atoms with Gasteiger partial charge in [0.05, 0.1) is 6.10 Å². The van der Waals surface area contributed by atoms with Gasteiger partial charge in [0.25, 0.3) is 10.1 Å². The van der Waals surface area contributed by atoms with Gasteiger partial charge in [0.2, 0.25) is 0 Å². The van der Waals surface area contributed by atoms with Crippen LogP contribution < -0.4 is 29.6 Å². The summed E-state index contributed by atoms with van der Waals surface area (Å²) in [5.41, 5.74) is 0.744. The average Bonchev–Trinajstić information content (AvgIpc) is 2.02. The second-order valence-corrected chi connectivity index (χ2v) is 4.93. The molecular weight excluding hydrogens is 223 g/mol. The Morgan fingerprint density at radius 2 is 1.80 bits per heavy atom. The molecule has 1 aromatic carbocycles. The van der Waals surface area contributed by atoms with Crippen LogP contribution >= 0.6 is 0 Å². The molecule has 0 aromatic heterocycles. The van der Waals surface area contributed by atoms with E-state index in [1.54, 1.807) is 38.1 Å². The smallest absolute Gasteiger partial charge is 1.00 e. The first-order valence-electron chi connectivity index (χ1n) is 4.44. The summed E-state index contributed by atoms with van der Waals surface area (Å²) in [7, 11) is -3.43. The van der Waals surface area contributed by atoms with Crippen LogP contribution in [0.2, 0.25) is 0 Å². The van der Waals surface area contributed by atoms with Crippen LogP contribution in [0.5, 0.6) is 0 Å². The minimum atomic E-state index is -3.43. The van der Waals surface area contributed by atoms with Gasteiger partial charge in [-0.3, -0.25) is 4.18 Å². The van der Waals surface area contributed by atoms with Crippen LogP contribution in [0.15, 0.2) is 30.3 Å². The predicted octanol–water partition coefficient (Wildman–Crippen LogP) is -0.942. The summed E-state index contributed by atoms with van der Waals surface area (Å²) < 4.78 is 27.6. The van der Waals surface area contributed by atoms with Crippen LogP contribution in [0, 0.1) is 0 Å². The first-order chi connectivity index (χ1) is 6.49. The number of benzene rings is 1. The van der Waals surface area contributed by atoms with Crippen molar-refractivity contribution in [3.8, 4) is 0 Å². The van der Waals surface area contributed by atoms with E-state index in [1.807, 2.05) is 6.07 Å². The summed E-state index contributed by atoms with van der Waals surface area (Å²) in [4.78, 5) is 0. The van der Waals surface area contributed by atoms with Crippen molar-refractivity contribution >= 4 is 10.1 Å². The van der Waals surface area contributed by atoms with Gasteiger partial charge in [-0.2, -0.15) is 8.42 Å². The van der Waals surface area contributed by atoms with E-state index in [2.05, 4.69) is 0 Å². The molecule has 0 aliphatic heterocycles. The fourth-order valence-electron chi connectivity index (χ4n) is 1.11. The molecule has 0 radical (unpaired) electrons. The molecule has 3 nitrogen and oxygen atoms in total. The quantitative estimate of drug-likeness (QED) is 0.502. The Labute approximate surface area is 115 Å². The maximum Gasteiger partial charge on any atom is 1.00 e. The van der Waals surface area contributed by atoms with Gasteiger partial charge in [-0.15, -0.1) is 0 Å². The fraction of sp³-hybridized carbons (Fsp3) is 0.400. The van der Waals surface area contributed by atoms with E-state index in [-0.39, 0.29) is 42.8 Å². The molecule has 0 unspecified atom stereocenters. The molecule has 0 bridgehead atoms. The average molecular weight is 238 g/mol. The zero-order valence-corrected chi connectivity index (χ0v) is 12.1. The molecular formula is C10H15NaO3S. The van der Waals surface area contributed by atoms with Crippen molar-refractivity contribution in [3.05, 3.63) is 35.9 Å². The van der Waals surface area contributed by atoms with E-state index in [9.17, 15) is 8.42 Å². The largest absolute Gasteiger partial charge is 1.00 e. The second kappa shape index (κ2) is 6.66. The third-order valence-electron chi connectivity index (χ3n) is 1.53. The molecule has 0 atom stereocenters. The van der Waals surface area contributed by atoms with Crippen LogP contribution in [0.4, 0.5) is 0 Å². The summed E-state index contributed by atoms with van der Waals surface area (Å²) in [5, 5.41) is 0. The van der Waals surface area contributed by atoms with E-state index in [0.29, 0.717) is 0 Å². The standard InChI is InChI=1S/C10H14O3S.Na.H/c1-9(2)13-14(11,12)8-10-6-4-3-5-7-10;;/h3-7,9H,8H2,1-2H3;;/q;+1;-1. The molecule has 0 heterocycles. The molecule has 0 saturated carbocycles. The van der Waals surface area contributed by atoms with E-state index in [4.69, 9.17) is 4.18 Å². The summed E-state index contributed by atoms with van der Waals surface area (Å²) >= 11 is 0. The Hall–Kier alpha value is 0.130. The van der Waals surface area contributed by atoms with Crippen LogP contribution in [-0.2, 0) is 20.1 Å². The van der Waals surface area contributed by atoms with Crippen molar-refractivity contribution in [2.45, 2.75) is 25.7 Å². The molecule has 1 aromatic rings. The maximum atomic E-state index is 11.4. The molecule has 15 heavy (non-hydrogen) atoms. The Kier molecular flexibility index (Phi) is 6.71. The number of hydrogen-bond donors (Lipinski definition) is 0. The van der Waals surface area contributed by atoms with Crippen LogP contribution in [0.25, 0.3) is 0 Å². The molecule has 0 spiro atoms. The maximum absolute atomic E-state index is 11.4. The van der Waals surface area contributed by atoms with E-state index < -0.39 is 10.1 Å². The fourth-order valence-corrected chi connectivity index (χ4v) is 2.36. The van der Waals surface area contributed by atoms with Crippen molar-refractivity contribution in [2.75, 3.05) is 0 Å². The summed E-state index contributed by atoms with van der Waals surface area (Å²) in [6.45, 7) is 3.39. The van der Waals surface area contributed by atoms with Gasteiger partial charge in [0.15, 0.2) is 0 Å². The number of hydrogen-bond acceptors (Lipinski definition) is 3. The van der Waals surface area contributed by atoms with Gasteiger partial charge in [-0.25, -0.2) is 0 Å². The monoisotopic (exact) mass is 238 g/mol. The van der Waals surface area contributed by atoms with Gasteiger partial charge in [-0.05, 0) is 19.4 Å². The Morgan fingerprint density at radius 3 is 2.27 bits per heavy atom. The van der Waals surface area contributed by atoms with Gasteiger partial charge >= 0.3 is 29.6 Å². The van der Waals surface area contributed by atoms with Gasteiger partial charge in [-0.1, -0.05) is 30.3 Å². The number of rotatable bonds is 4. The zero-order valence-electron chi connectivity index (χ0n) is 10.3. The normalized spacial score (nSPS) is 11.1. The van der Waals surface area contributed by atoms with Gasteiger partial charge in [0, 0.05) is 0 Å². The summed E-state index contributed by atoms with van der Waals surface area (Å²) in [6.07, 6.45) is -0.302. The van der Waals surface area contributed by atoms with Crippen molar-refractivity contribution in [2.24, 2.45) is 0 Å². The molecule has 0 aliphatic carbocycles. The molecule has 0 aliphatic rings. The van der Waals surface area contributed by atoms with E-state index in [0.717, 1.165) is 5.56 Å². The minimum absolute atomic E-state index is 0. The minimum Gasteiger partial charge on any atom is -1.00 e. The van der Waals surface area contributed by atoms with E-state index in [1.165, 1.54) is 0 Å². The second-order valence-electron chi connectivity index (χ2n) is 3.33. The SMILES string of the molecule is CC(C)OS(=O)(=O)Cc1ccccc1.[H-].[Na+]. The molecule has 0 amide bonds. The van der Waals surface area contributed by atoms with Gasteiger partial charge < -0.3 is 1.43 Å². The molecule has 0 saturated heterocycles. The summed E-state index contributed by atoms with van der Waals surface area (Å²) in [6, 6.07) is 8.99. The van der Waals surface area contributed by atoms with Crippen molar-refractivity contribution in [1.82, 2.24) is 0 Å². The zero-order chi connectivity index (χ0) is 10.6. The van der Waals surface area contributed by atoms with Crippen LogP contribution in [0.3, 0.4) is 0 Å². The van der Waals surface area contributed by atoms with E-state index >= 15 is 0 Å². The molecule has 0 fully saturated rings. The van der Waals surface area contributed by atoms with Crippen LogP contribution in [-0.4, -0.2) is 14.5 Å². The third-order valence-corrected chi connectivity index (χ3v) is 2.89. The van der Waals surface area contributed by atoms with Crippen molar-refractivity contribution in [1.29, 1.82) is 0 Å². The first kappa shape index (κ1) is 15.1. The van der Waals surface area contributed by atoms with Crippen molar-refractivity contribution in [3.63, 3.8) is 0 Å². The van der Waals surface area contributed by atoms with Crippen molar-refractivity contribution < 1.29 is 43.6 Å². The molecule has 80 valence electrons. The predicted molar refractivity (Wildman–Crippen MR) is 56.4 cm³/mol. The topological polar surface area (TPSA) is 43.4 Å². The summed E-state index contributed by atoms with van der Waals surface area (Å²) in [5.74, 6) is -0.0635. The molecule has 5 heteroatoms. The third kappa shape index (κ3) is 6.33. The Balaban J connectivity index is 0. The first-order valence-corrected chi connectivity index (χ1v) is 6.02. The molecule has 1 rings (SSSR count). The Bertz CT molecular complexity index is 378.